The number of rotatable bonds is 4. The second-order valence-corrected chi connectivity index (χ2v) is 5.51. The largest absolute Gasteiger partial charge is 0.380 e. The Morgan fingerprint density at radius 2 is 2.15 bits per heavy atom. The fourth-order valence-electron chi connectivity index (χ4n) is 2.83. The maximum Gasteiger partial charge on any atom is 0.147 e. The SMILES string of the molecule is CCN1CCC(C(C)Nc2ccc(C#N)cc2F)CC1. The molecule has 2 rings (SSSR count). The van der Waals surface area contributed by atoms with Crippen LogP contribution in [0.15, 0.2) is 18.2 Å². The summed E-state index contributed by atoms with van der Waals surface area (Å²) in [7, 11) is 0. The van der Waals surface area contributed by atoms with Gasteiger partial charge in [0, 0.05) is 6.04 Å². The van der Waals surface area contributed by atoms with Gasteiger partial charge in [0.2, 0.25) is 0 Å². The summed E-state index contributed by atoms with van der Waals surface area (Å²) in [6.07, 6.45) is 2.31. The topological polar surface area (TPSA) is 39.1 Å². The zero-order valence-electron chi connectivity index (χ0n) is 12.2. The van der Waals surface area contributed by atoms with Crippen LogP contribution in [0.5, 0.6) is 0 Å². The molecule has 20 heavy (non-hydrogen) atoms. The second kappa shape index (κ2) is 6.71. The van der Waals surface area contributed by atoms with Gasteiger partial charge in [0.25, 0.3) is 0 Å². The van der Waals surface area contributed by atoms with E-state index >= 15 is 0 Å². The molecule has 3 nitrogen and oxygen atoms in total. The first-order valence-corrected chi connectivity index (χ1v) is 7.32. The van der Waals surface area contributed by atoms with Crippen molar-refractivity contribution in [3.63, 3.8) is 0 Å². The molecule has 0 spiro atoms. The van der Waals surface area contributed by atoms with Crippen molar-refractivity contribution in [3.05, 3.63) is 29.6 Å². The van der Waals surface area contributed by atoms with E-state index in [1.807, 2.05) is 6.07 Å². The highest BCUT2D eigenvalue weighted by Crippen LogP contribution is 2.24. The van der Waals surface area contributed by atoms with Gasteiger partial charge in [0.1, 0.15) is 5.82 Å². The molecule has 1 aromatic carbocycles. The van der Waals surface area contributed by atoms with Crippen molar-refractivity contribution in [1.29, 1.82) is 5.26 Å². The zero-order valence-corrected chi connectivity index (χ0v) is 12.2. The molecule has 1 unspecified atom stereocenters. The predicted octanol–water partition coefficient (Wildman–Crippen LogP) is 3.23. The molecule has 0 saturated carbocycles. The summed E-state index contributed by atoms with van der Waals surface area (Å²) in [5, 5.41) is 12.0. The Morgan fingerprint density at radius 1 is 1.45 bits per heavy atom. The Labute approximate surface area is 120 Å². The highest BCUT2D eigenvalue weighted by Gasteiger charge is 2.23. The Morgan fingerprint density at radius 3 is 2.70 bits per heavy atom. The van der Waals surface area contributed by atoms with Crippen LogP contribution in [0.2, 0.25) is 0 Å². The van der Waals surface area contributed by atoms with Gasteiger partial charge in [-0.25, -0.2) is 4.39 Å². The van der Waals surface area contributed by atoms with Crippen LogP contribution in [-0.4, -0.2) is 30.6 Å². The fraction of sp³-hybridized carbons (Fsp3) is 0.562. The number of halogens is 1. The average Bonchev–Trinajstić information content (AvgIpc) is 2.49. The molecular weight excluding hydrogens is 253 g/mol. The van der Waals surface area contributed by atoms with Crippen LogP contribution < -0.4 is 5.32 Å². The lowest BCUT2D eigenvalue weighted by Gasteiger charge is -2.34. The van der Waals surface area contributed by atoms with E-state index in [1.165, 1.54) is 6.07 Å². The molecule has 1 aliphatic rings. The van der Waals surface area contributed by atoms with E-state index in [2.05, 4.69) is 24.1 Å². The minimum Gasteiger partial charge on any atom is -0.380 e. The molecule has 0 aliphatic carbocycles. The van der Waals surface area contributed by atoms with Crippen molar-refractivity contribution >= 4 is 5.69 Å². The lowest BCUT2D eigenvalue weighted by molar-refractivity contribution is 0.183. The Bertz CT molecular complexity index is 487. The minimum atomic E-state index is -0.345. The maximum absolute atomic E-state index is 13.9. The van der Waals surface area contributed by atoms with Crippen molar-refractivity contribution < 1.29 is 4.39 Å². The molecule has 1 N–H and O–H groups in total. The predicted molar refractivity (Wildman–Crippen MR) is 79.0 cm³/mol. The molecule has 1 aromatic rings. The quantitative estimate of drug-likeness (QED) is 0.917. The van der Waals surface area contributed by atoms with Gasteiger partial charge in [-0.15, -0.1) is 0 Å². The van der Waals surface area contributed by atoms with Crippen molar-refractivity contribution in [3.8, 4) is 6.07 Å². The summed E-state index contributed by atoms with van der Waals surface area (Å²) in [4.78, 5) is 2.45. The number of nitrogens with zero attached hydrogens (tertiary/aromatic N) is 2. The smallest absolute Gasteiger partial charge is 0.147 e. The normalized spacial score (nSPS) is 18.5. The molecule has 1 aliphatic heterocycles. The summed E-state index contributed by atoms with van der Waals surface area (Å²) in [5.74, 6) is 0.231. The molecule has 0 radical (unpaired) electrons. The Balaban J connectivity index is 1.95. The third-order valence-corrected chi connectivity index (χ3v) is 4.27. The molecule has 4 heteroatoms. The lowest BCUT2D eigenvalue weighted by atomic mass is 9.90. The number of piperidine rings is 1. The maximum atomic E-state index is 13.9. The van der Waals surface area contributed by atoms with Crippen LogP contribution in [0, 0.1) is 23.1 Å². The molecule has 108 valence electrons. The van der Waals surface area contributed by atoms with Crippen molar-refractivity contribution in [2.75, 3.05) is 25.0 Å². The third-order valence-electron chi connectivity index (χ3n) is 4.27. The first kappa shape index (κ1) is 14.8. The zero-order chi connectivity index (χ0) is 14.5. The van der Waals surface area contributed by atoms with Crippen LogP contribution in [-0.2, 0) is 0 Å². The Kier molecular flexibility index (Phi) is 4.97. The fourth-order valence-corrected chi connectivity index (χ4v) is 2.83. The molecule has 0 aromatic heterocycles. The number of nitrogens with one attached hydrogen (secondary N) is 1. The van der Waals surface area contributed by atoms with E-state index in [1.54, 1.807) is 12.1 Å². The minimum absolute atomic E-state index is 0.247. The van der Waals surface area contributed by atoms with Crippen LogP contribution >= 0.6 is 0 Å². The number of benzene rings is 1. The van der Waals surface area contributed by atoms with E-state index in [0.29, 0.717) is 17.2 Å². The number of hydrogen-bond donors (Lipinski definition) is 1. The molecule has 0 amide bonds. The van der Waals surface area contributed by atoms with Crippen LogP contribution in [0.25, 0.3) is 0 Å². The van der Waals surface area contributed by atoms with Crippen LogP contribution in [0.4, 0.5) is 10.1 Å². The summed E-state index contributed by atoms with van der Waals surface area (Å²) >= 11 is 0. The first-order chi connectivity index (χ1) is 9.63. The first-order valence-electron chi connectivity index (χ1n) is 7.32. The molecule has 0 bridgehead atoms. The van der Waals surface area contributed by atoms with Gasteiger partial charge in [-0.2, -0.15) is 5.26 Å². The van der Waals surface area contributed by atoms with Crippen LogP contribution in [0.1, 0.15) is 32.3 Å². The van der Waals surface area contributed by atoms with Crippen molar-refractivity contribution in [2.24, 2.45) is 5.92 Å². The summed E-state index contributed by atoms with van der Waals surface area (Å²) in [5.41, 5.74) is 0.853. The van der Waals surface area contributed by atoms with E-state index < -0.39 is 0 Å². The van der Waals surface area contributed by atoms with E-state index in [0.717, 1.165) is 32.5 Å². The van der Waals surface area contributed by atoms with Gasteiger partial charge in [-0.1, -0.05) is 6.92 Å². The lowest BCUT2D eigenvalue weighted by Crippen LogP contribution is -2.39. The Hall–Kier alpha value is -1.60. The summed E-state index contributed by atoms with van der Waals surface area (Å²) in [6.45, 7) is 7.67. The van der Waals surface area contributed by atoms with Gasteiger partial charge >= 0.3 is 0 Å². The van der Waals surface area contributed by atoms with Gasteiger partial charge in [-0.05, 0) is 63.5 Å². The van der Waals surface area contributed by atoms with Crippen LogP contribution in [0.3, 0.4) is 0 Å². The number of anilines is 1. The van der Waals surface area contributed by atoms with E-state index in [9.17, 15) is 4.39 Å². The van der Waals surface area contributed by atoms with Gasteiger partial charge < -0.3 is 10.2 Å². The average molecular weight is 275 g/mol. The van der Waals surface area contributed by atoms with Gasteiger partial charge in [0.15, 0.2) is 0 Å². The van der Waals surface area contributed by atoms with Crippen molar-refractivity contribution in [1.82, 2.24) is 4.90 Å². The standard InChI is InChI=1S/C16H22FN3/c1-3-20-8-6-14(7-9-20)12(2)19-16-5-4-13(11-18)10-15(16)17/h4-5,10,12,14,19H,3,6-9H2,1-2H3. The van der Waals surface area contributed by atoms with E-state index in [4.69, 9.17) is 5.26 Å². The number of likely N-dealkylation sites (tertiary alicyclic amines) is 1. The van der Waals surface area contributed by atoms with E-state index in [-0.39, 0.29) is 11.9 Å². The number of nitriles is 1. The number of hydrogen-bond acceptors (Lipinski definition) is 3. The highest BCUT2D eigenvalue weighted by molar-refractivity contribution is 5.49. The van der Waals surface area contributed by atoms with Gasteiger partial charge in [-0.3, -0.25) is 0 Å². The van der Waals surface area contributed by atoms with Crippen molar-refractivity contribution in [2.45, 2.75) is 32.7 Å². The summed E-state index contributed by atoms with van der Waals surface area (Å²) < 4.78 is 13.9. The second-order valence-electron chi connectivity index (χ2n) is 5.51. The summed E-state index contributed by atoms with van der Waals surface area (Å²) in [6, 6.07) is 6.79. The molecule has 1 atom stereocenters. The monoisotopic (exact) mass is 275 g/mol. The molecule has 1 fully saturated rings. The third kappa shape index (κ3) is 3.49. The molecular formula is C16H22FN3. The van der Waals surface area contributed by atoms with Gasteiger partial charge in [0.05, 0.1) is 17.3 Å². The molecule has 1 saturated heterocycles. The highest BCUT2D eigenvalue weighted by atomic mass is 19.1. The molecule has 1 heterocycles.